The van der Waals surface area contributed by atoms with Crippen LogP contribution in [-0.4, -0.2) is 48.4 Å². The van der Waals surface area contributed by atoms with Crippen molar-refractivity contribution in [2.24, 2.45) is 5.92 Å². The predicted molar refractivity (Wildman–Crippen MR) is 122 cm³/mol. The number of hydrogen-bond acceptors (Lipinski definition) is 4. The molecule has 0 aromatic heterocycles. The first-order valence-corrected chi connectivity index (χ1v) is 11.4. The molecule has 8 heteroatoms. The van der Waals surface area contributed by atoms with Crippen LogP contribution < -0.4 is 9.47 Å². The summed E-state index contributed by atoms with van der Waals surface area (Å²) < 4.78 is 52.3. The SMILES string of the molecule is CCOc1ccc(C(Oc2ccc3c(c2)CCC(CN2CC(C(=O)O)C2)=C3C)C(F)(F)F)cc1. The van der Waals surface area contributed by atoms with Crippen LogP contribution in [0.5, 0.6) is 11.5 Å². The molecule has 2 aliphatic rings. The first-order valence-electron chi connectivity index (χ1n) is 11.4. The molecule has 34 heavy (non-hydrogen) atoms. The van der Waals surface area contributed by atoms with Crippen LogP contribution in [0.3, 0.4) is 0 Å². The third kappa shape index (κ3) is 5.22. The number of ether oxygens (including phenoxy) is 2. The van der Waals surface area contributed by atoms with Gasteiger partial charge < -0.3 is 14.6 Å². The number of carboxylic acid groups (broad SMARTS) is 1. The number of likely N-dealkylation sites (tertiary alicyclic amines) is 1. The van der Waals surface area contributed by atoms with E-state index in [1.807, 2.05) is 19.9 Å². The van der Waals surface area contributed by atoms with Gasteiger partial charge in [-0.1, -0.05) is 23.8 Å². The van der Waals surface area contributed by atoms with Crippen LogP contribution in [0.1, 0.15) is 43.1 Å². The first kappa shape index (κ1) is 24.1. The number of fused-ring (bicyclic) bond motifs is 1. The summed E-state index contributed by atoms with van der Waals surface area (Å²) in [4.78, 5) is 13.1. The lowest BCUT2D eigenvalue weighted by Crippen LogP contribution is -2.50. The Morgan fingerprint density at radius 2 is 1.79 bits per heavy atom. The highest BCUT2D eigenvalue weighted by Gasteiger charge is 2.43. The summed E-state index contributed by atoms with van der Waals surface area (Å²) in [5, 5.41) is 9.06. The molecule has 1 aliphatic heterocycles. The van der Waals surface area contributed by atoms with Crippen LogP contribution in [0.25, 0.3) is 5.57 Å². The van der Waals surface area contributed by atoms with E-state index in [1.54, 1.807) is 12.1 Å². The van der Waals surface area contributed by atoms with E-state index in [0.717, 1.165) is 29.7 Å². The molecule has 1 atom stereocenters. The number of benzene rings is 2. The summed E-state index contributed by atoms with van der Waals surface area (Å²) in [6.45, 7) is 6.09. The molecule has 1 aliphatic carbocycles. The fraction of sp³-hybridized carbons (Fsp3) is 0.423. The maximum absolute atomic E-state index is 13.8. The normalized spacial score (nSPS) is 17.7. The van der Waals surface area contributed by atoms with Crippen molar-refractivity contribution in [2.75, 3.05) is 26.2 Å². The number of hydrogen-bond donors (Lipinski definition) is 1. The molecule has 2 aromatic carbocycles. The molecule has 0 saturated carbocycles. The van der Waals surface area contributed by atoms with Gasteiger partial charge in [-0.15, -0.1) is 0 Å². The molecule has 1 unspecified atom stereocenters. The average molecular weight is 476 g/mol. The van der Waals surface area contributed by atoms with E-state index < -0.39 is 18.2 Å². The molecule has 1 N–H and O–H groups in total. The second-order valence-corrected chi connectivity index (χ2v) is 8.82. The van der Waals surface area contributed by atoms with Gasteiger partial charge in [-0.2, -0.15) is 13.2 Å². The Bertz CT molecular complexity index is 1070. The maximum Gasteiger partial charge on any atom is 0.429 e. The van der Waals surface area contributed by atoms with Gasteiger partial charge >= 0.3 is 12.1 Å². The van der Waals surface area contributed by atoms with Gasteiger partial charge in [0.25, 0.3) is 0 Å². The number of nitrogens with zero attached hydrogens (tertiary/aromatic N) is 1. The highest BCUT2D eigenvalue weighted by atomic mass is 19.4. The molecule has 1 heterocycles. The third-order valence-corrected chi connectivity index (χ3v) is 6.47. The minimum atomic E-state index is -4.57. The summed E-state index contributed by atoms with van der Waals surface area (Å²) in [6.07, 6.45) is -5.16. The molecular weight excluding hydrogens is 447 g/mol. The van der Waals surface area contributed by atoms with Gasteiger partial charge in [-0.05, 0) is 67.7 Å². The standard InChI is InChI=1S/C26H28F3NO4/c1-3-33-21-8-6-17(7-9-21)24(26(27,28)29)34-22-10-11-23-16(2)19(5-4-18(23)12-22)13-30-14-20(15-30)25(31)32/h6-12,20,24H,3-5,13-15H2,1-2H3,(H,31,32). The van der Waals surface area contributed by atoms with E-state index in [1.165, 1.54) is 29.8 Å². The Kier molecular flexibility index (Phi) is 6.89. The van der Waals surface area contributed by atoms with Gasteiger partial charge in [0.1, 0.15) is 11.5 Å². The van der Waals surface area contributed by atoms with Crippen LogP contribution in [0.2, 0.25) is 0 Å². The van der Waals surface area contributed by atoms with Crippen molar-refractivity contribution in [3.8, 4) is 11.5 Å². The van der Waals surface area contributed by atoms with Crippen molar-refractivity contribution in [2.45, 2.75) is 39.0 Å². The number of rotatable bonds is 8. The highest BCUT2D eigenvalue weighted by Crippen LogP contribution is 2.40. The molecule has 0 spiro atoms. The highest BCUT2D eigenvalue weighted by molar-refractivity contribution is 5.73. The number of allylic oxidation sites excluding steroid dienone is 1. The zero-order valence-corrected chi connectivity index (χ0v) is 19.2. The maximum atomic E-state index is 13.8. The van der Waals surface area contributed by atoms with Gasteiger partial charge in [-0.3, -0.25) is 9.69 Å². The lowest BCUT2D eigenvalue weighted by atomic mass is 9.85. The molecule has 182 valence electrons. The van der Waals surface area contributed by atoms with Crippen molar-refractivity contribution >= 4 is 11.5 Å². The Morgan fingerprint density at radius 3 is 2.41 bits per heavy atom. The summed E-state index contributed by atoms with van der Waals surface area (Å²) in [5.41, 5.74) is 4.33. The van der Waals surface area contributed by atoms with Crippen LogP contribution >= 0.6 is 0 Å². The van der Waals surface area contributed by atoms with E-state index in [0.29, 0.717) is 31.9 Å². The van der Waals surface area contributed by atoms with Gasteiger partial charge in [0.15, 0.2) is 0 Å². The third-order valence-electron chi connectivity index (χ3n) is 6.47. The van der Waals surface area contributed by atoms with Crippen LogP contribution in [0, 0.1) is 5.92 Å². The molecule has 4 rings (SSSR count). The lowest BCUT2D eigenvalue weighted by molar-refractivity contribution is -0.198. The molecule has 0 radical (unpaired) electrons. The van der Waals surface area contributed by atoms with E-state index >= 15 is 0 Å². The Morgan fingerprint density at radius 1 is 1.12 bits per heavy atom. The zero-order chi connectivity index (χ0) is 24.5. The fourth-order valence-corrected chi connectivity index (χ4v) is 4.57. The number of halogens is 3. The largest absolute Gasteiger partial charge is 0.494 e. The minimum absolute atomic E-state index is 0.0150. The van der Waals surface area contributed by atoms with Gasteiger partial charge in [0.2, 0.25) is 6.10 Å². The molecule has 1 saturated heterocycles. The topological polar surface area (TPSA) is 59.0 Å². The van der Waals surface area contributed by atoms with E-state index in [2.05, 4.69) is 4.90 Å². The minimum Gasteiger partial charge on any atom is -0.494 e. The molecule has 1 fully saturated rings. The van der Waals surface area contributed by atoms with E-state index in [4.69, 9.17) is 14.6 Å². The Balaban J connectivity index is 1.49. The number of carbonyl (C=O) groups is 1. The second kappa shape index (κ2) is 9.70. The van der Waals surface area contributed by atoms with Crippen molar-refractivity contribution in [1.82, 2.24) is 4.90 Å². The summed E-state index contributed by atoms with van der Waals surface area (Å²) in [5.74, 6) is -0.367. The van der Waals surface area contributed by atoms with Crippen molar-refractivity contribution in [3.05, 3.63) is 64.7 Å². The quantitative estimate of drug-likeness (QED) is 0.546. The number of carboxylic acids is 1. The predicted octanol–water partition coefficient (Wildman–Crippen LogP) is 5.50. The zero-order valence-electron chi connectivity index (χ0n) is 19.2. The van der Waals surface area contributed by atoms with Crippen molar-refractivity contribution in [3.63, 3.8) is 0 Å². The van der Waals surface area contributed by atoms with E-state index in [-0.39, 0.29) is 17.2 Å². The average Bonchev–Trinajstić information content (AvgIpc) is 2.75. The lowest BCUT2D eigenvalue weighted by Gasteiger charge is -2.38. The molecule has 2 aromatic rings. The Labute approximate surface area is 196 Å². The van der Waals surface area contributed by atoms with Crippen LogP contribution in [0.15, 0.2) is 48.0 Å². The Hall–Kier alpha value is -3.00. The summed E-state index contributed by atoms with van der Waals surface area (Å²) in [6, 6.07) is 10.9. The fourth-order valence-electron chi connectivity index (χ4n) is 4.57. The van der Waals surface area contributed by atoms with Gasteiger partial charge in [0.05, 0.1) is 12.5 Å². The van der Waals surface area contributed by atoms with Crippen LogP contribution in [0.4, 0.5) is 13.2 Å². The first-order chi connectivity index (χ1) is 16.2. The molecular formula is C26H28F3NO4. The summed E-state index contributed by atoms with van der Waals surface area (Å²) in [7, 11) is 0. The number of aryl methyl sites for hydroxylation is 1. The van der Waals surface area contributed by atoms with Gasteiger partial charge in [-0.25, -0.2) is 0 Å². The van der Waals surface area contributed by atoms with Crippen molar-refractivity contribution in [1.29, 1.82) is 0 Å². The van der Waals surface area contributed by atoms with Crippen molar-refractivity contribution < 1.29 is 32.5 Å². The van der Waals surface area contributed by atoms with Crippen LogP contribution in [-0.2, 0) is 11.2 Å². The monoisotopic (exact) mass is 475 g/mol. The smallest absolute Gasteiger partial charge is 0.429 e. The molecule has 0 bridgehead atoms. The second-order valence-electron chi connectivity index (χ2n) is 8.82. The summed E-state index contributed by atoms with van der Waals surface area (Å²) >= 11 is 0. The molecule has 0 amide bonds. The molecule has 5 nitrogen and oxygen atoms in total. The number of aliphatic carboxylic acids is 1. The van der Waals surface area contributed by atoms with E-state index in [9.17, 15) is 18.0 Å². The van der Waals surface area contributed by atoms with Gasteiger partial charge in [0, 0.05) is 25.2 Å². The number of alkyl halides is 3.